The SMILES string of the molecule is CCc1nn(C)c(C(=O)N(CC)Cc2cccs2)c1N. The average molecular weight is 292 g/mol. The van der Waals surface area contributed by atoms with Crippen molar-refractivity contribution in [1.82, 2.24) is 14.7 Å². The first-order valence-electron chi connectivity index (χ1n) is 6.71. The van der Waals surface area contributed by atoms with E-state index in [2.05, 4.69) is 5.10 Å². The van der Waals surface area contributed by atoms with Gasteiger partial charge in [0.1, 0.15) is 5.69 Å². The van der Waals surface area contributed by atoms with E-state index < -0.39 is 0 Å². The summed E-state index contributed by atoms with van der Waals surface area (Å²) in [5.74, 6) is -0.0619. The lowest BCUT2D eigenvalue weighted by atomic mass is 10.2. The molecule has 0 unspecified atom stereocenters. The molecule has 5 nitrogen and oxygen atoms in total. The Bertz CT molecular complexity index is 589. The number of aryl methyl sites for hydroxylation is 2. The van der Waals surface area contributed by atoms with Crippen molar-refractivity contribution in [3.8, 4) is 0 Å². The van der Waals surface area contributed by atoms with Crippen molar-refractivity contribution in [2.75, 3.05) is 12.3 Å². The minimum atomic E-state index is -0.0619. The van der Waals surface area contributed by atoms with Gasteiger partial charge in [-0.25, -0.2) is 0 Å². The van der Waals surface area contributed by atoms with E-state index in [-0.39, 0.29) is 5.91 Å². The maximum atomic E-state index is 12.7. The number of hydrogen-bond acceptors (Lipinski definition) is 4. The van der Waals surface area contributed by atoms with E-state index in [1.165, 1.54) is 0 Å². The van der Waals surface area contributed by atoms with Crippen molar-refractivity contribution < 1.29 is 4.79 Å². The van der Waals surface area contributed by atoms with Crippen molar-refractivity contribution in [2.45, 2.75) is 26.8 Å². The Labute approximate surface area is 123 Å². The molecule has 0 saturated carbocycles. The number of thiophene rings is 1. The van der Waals surface area contributed by atoms with Crippen LogP contribution in [-0.2, 0) is 20.0 Å². The maximum absolute atomic E-state index is 12.7. The molecule has 6 heteroatoms. The summed E-state index contributed by atoms with van der Waals surface area (Å²) in [4.78, 5) is 15.6. The molecule has 2 rings (SSSR count). The fourth-order valence-corrected chi connectivity index (χ4v) is 2.90. The van der Waals surface area contributed by atoms with Crippen LogP contribution in [0.1, 0.15) is 34.9 Å². The number of rotatable bonds is 5. The number of anilines is 1. The summed E-state index contributed by atoms with van der Waals surface area (Å²) in [5.41, 5.74) is 7.82. The van der Waals surface area contributed by atoms with Crippen LogP contribution in [0.5, 0.6) is 0 Å². The monoisotopic (exact) mass is 292 g/mol. The third kappa shape index (κ3) is 2.70. The number of amides is 1. The van der Waals surface area contributed by atoms with Crippen molar-refractivity contribution in [3.63, 3.8) is 0 Å². The third-order valence-corrected chi connectivity index (χ3v) is 4.15. The van der Waals surface area contributed by atoms with Crippen LogP contribution in [0.2, 0.25) is 0 Å². The second-order valence-corrected chi connectivity index (χ2v) is 5.62. The molecule has 0 saturated heterocycles. The Morgan fingerprint density at radius 1 is 1.50 bits per heavy atom. The molecule has 2 heterocycles. The van der Waals surface area contributed by atoms with Gasteiger partial charge in [0.25, 0.3) is 5.91 Å². The van der Waals surface area contributed by atoms with E-state index in [9.17, 15) is 4.79 Å². The summed E-state index contributed by atoms with van der Waals surface area (Å²) in [6, 6.07) is 4.02. The van der Waals surface area contributed by atoms with Crippen LogP contribution in [-0.4, -0.2) is 27.1 Å². The molecule has 0 aliphatic rings. The Kier molecular flexibility index (Phi) is 4.44. The minimum Gasteiger partial charge on any atom is -0.395 e. The zero-order valence-corrected chi connectivity index (χ0v) is 12.9. The van der Waals surface area contributed by atoms with Gasteiger partial charge in [-0.2, -0.15) is 5.10 Å². The standard InChI is InChI=1S/C14H20N4OS/c1-4-11-12(15)13(17(3)16-11)14(19)18(5-2)9-10-7-6-8-20-10/h6-8H,4-5,9,15H2,1-3H3. The topological polar surface area (TPSA) is 64.2 Å². The van der Waals surface area contributed by atoms with Crippen LogP contribution in [0.25, 0.3) is 0 Å². The van der Waals surface area contributed by atoms with E-state index in [0.29, 0.717) is 24.5 Å². The first-order valence-corrected chi connectivity index (χ1v) is 7.59. The quantitative estimate of drug-likeness (QED) is 0.919. The van der Waals surface area contributed by atoms with Crippen LogP contribution in [0.15, 0.2) is 17.5 Å². The molecule has 2 aromatic heterocycles. The van der Waals surface area contributed by atoms with E-state index in [1.54, 1.807) is 28.0 Å². The third-order valence-electron chi connectivity index (χ3n) is 3.29. The normalized spacial score (nSPS) is 10.8. The van der Waals surface area contributed by atoms with Crippen molar-refractivity contribution in [1.29, 1.82) is 0 Å². The van der Waals surface area contributed by atoms with E-state index in [4.69, 9.17) is 5.73 Å². The lowest BCUT2D eigenvalue weighted by molar-refractivity contribution is 0.0744. The molecular formula is C14H20N4OS. The summed E-state index contributed by atoms with van der Waals surface area (Å²) >= 11 is 1.65. The highest BCUT2D eigenvalue weighted by atomic mass is 32.1. The molecule has 2 N–H and O–H groups in total. The first kappa shape index (κ1) is 14.6. The predicted octanol–water partition coefficient (Wildman–Crippen LogP) is 2.29. The van der Waals surface area contributed by atoms with E-state index in [1.807, 2.05) is 31.4 Å². The number of carbonyl (C=O) groups is 1. The fraction of sp³-hybridized carbons (Fsp3) is 0.429. The number of hydrogen-bond donors (Lipinski definition) is 1. The zero-order valence-electron chi connectivity index (χ0n) is 12.1. The fourth-order valence-electron chi connectivity index (χ4n) is 2.18. The number of carbonyl (C=O) groups excluding carboxylic acids is 1. The molecule has 20 heavy (non-hydrogen) atoms. The lowest BCUT2D eigenvalue weighted by Crippen LogP contribution is -2.32. The van der Waals surface area contributed by atoms with Gasteiger partial charge in [-0.15, -0.1) is 11.3 Å². The molecule has 0 bridgehead atoms. The van der Waals surface area contributed by atoms with Gasteiger partial charge in [-0.1, -0.05) is 13.0 Å². The average Bonchev–Trinajstić information content (AvgIpc) is 3.03. The molecule has 0 aliphatic carbocycles. The molecule has 108 valence electrons. The van der Waals surface area contributed by atoms with Crippen LogP contribution in [0.3, 0.4) is 0 Å². The Hall–Kier alpha value is -1.82. The summed E-state index contributed by atoms with van der Waals surface area (Å²) in [7, 11) is 1.77. The van der Waals surface area contributed by atoms with E-state index >= 15 is 0 Å². The highest BCUT2D eigenvalue weighted by Crippen LogP contribution is 2.20. The highest BCUT2D eigenvalue weighted by Gasteiger charge is 2.23. The van der Waals surface area contributed by atoms with Gasteiger partial charge in [0.05, 0.1) is 17.9 Å². The van der Waals surface area contributed by atoms with Crippen LogP contribution >= 0.6 is 11.3 Å². The number of nitrogen functional groups attached to an aromatic ring is 1. The maximum Gasteiger partial charge on any atom is 0.274 e. The summed E-state index contributed by atoms with van der Waals surface area (Å²) in [6.07, 6.45) is 0.726. The molecule has 1 amide bonds. The van der Waals surface area contributed by atoms with Crippen LogP contribution < -0.4 is 5.73 Å². The summed E-state index contributed by atoms with van der Waals surface area (Å²) in [5, 5.41) is 6.33. The second kappa shape index (κ2) is 6.09. The van der Waals surface area contributed by atoms with Gasteiger partial charge in [0.2, 0.25) is 0 Å². The smallest absolute Gasteiger partial charge is 0.274 e. The molecule has 0 fully saturated rings. The highest BCUT2D eigenvalue weighted by molar-refractivity contribution is 7.09. The summed E-state index contributed by atoms with van der Waals surface area (Å²) in [6.45, 7) is 5.21. The molecule has 0 aromatic carbocycles. The van der Waals surface area contributed by atoms with Gasteiger partial charge >= 0.3 is 0 Å². The molecule has 0 aliphatic heterocycles. The van der Waals surface area contributed by atoms with Gasteiger partial charge in [-0.05, 0) is 24.8 Å². The predicted molar refractivity (Wildman–Crippen MR) is 81.7 cm³/mol. The first-order chi connectivity index (χ1) is 9.58. The molecule has 0 atom stereocenters. The Morgan fingerprint density at radius 3 is 2.75 bits per heavy atom. The number of nitrogens with two attached hydrogens (primary N) is 1. The van der Waals surface area contributed by atoms with Gasteiger partial charge in [0.15, 0.2) is 0 Å². The van der Waals surface area contributed by atoms with Crippen molar-refractivity contribution in [2.24, 2.45) is 7.05 Å². The summed E-state index contributed by atoms with van der Waals surface area (Å²) < 4.78 is 1.59. The van der Waals surface area contributed by atoms with Crippen molar-refractivity contribution in [3.05, 3.63) is 33.8 Å². The van der Waals surface area contributed by atoms with Gasteiger partial charge < -0.3 is 10.6 Å². The van der Waals surface area contributed by atoms with Gasteiger partial charge in [-0.3, -0.25) is 9.48 Å². The zero-order chi connectivity index (χ0) is 14.7. The van der Waals surface area contributed by atoms with Crippen LogP contribution in [0, 0.1) is 0 Å². The minimum absolute atomic E-state index is 0.0619. The molecule has 0 spiro atoms. The lowest BCUT2D eigenvalue weighted by Gasteiger charge is -2.20. The van der Waals surface area contributed by atoms with E-state index in [0.717, 1.165) is 17.0 Å². The molecule has 2 aromatic rings. The Balaban J connectivity index is 2.26. The second-order valence-electron chi connectivity index (χ2n) is 4.58. The molecular weight excluding hydrogens is 272 g/mol. The largest absolute Gasteiger partial charge is 0.395 e. The number of nitrogens with zero attached hydrogens (tertiary/aromatic N) is 3. The van der Waals surface area contributed by atoms with Crippen molar-refractivity contribution >= 4 is 22.9 Å². The molecule has 0 radical (unpaired) electrons. The Morgan fingerprint density at radius 2 is 2.25 bits per heavy atom. The van der Waals surface area contributed by atoms with Gasteiger partial charge in [0, 0.05) is 18.5 Å². The number of aromatic nitrogens is 2. The van der Waals surface area contributed by atoms with Crippen LogP contribution in [0.4, 0.5) is 5.69 Å².